The van der Waals surface area contributed by atoms with Gasteiger partial charge in [-0.2, -0.15) is 0 Å². The van der Waals surface area contributed by atoms with Crippen LogP contribution in [0.5, 0.6) is 0 Å². The summed E-state index contributed by atoms with van der Waals surface area (Å²) in [5, 5.41) is 15.6. The van der Waals surface area contributed by atoms with Gasteiger partial charge < -0.3 is 10.2 Å². The summed E-state index contributed by atoms with van der Waals surface area (Å²) in [7, 11) is 0. The quantitative estimate of drug-likeness (QED) is 0.596. The van der Waals surface area contributed by atoms with E-state index in [4.69, 9.17) is 56.6 Å². The standard InChI is InChI=1S/C4H4O4.CCl4/c5-3(6)1-2-4(7)8;2-1(3,4)5/h1-2H,(H,5,6)(H,7,8);/b2-1-;. The average molecular weight is 270 g/mol. The fourth-order valence-electron chi connectivity index (χ4n) is 0.143. The number of aliphatic carboxylic acids is 2. The lowest BCUT2D eigenvalue weighted by atomic mass is 10.5. The van der Waals surface area contributed by atoms with Gasteiger partial charge >= 0.3 is 11.9 Å². The molecule has 76 valence electrons. The molecule has 0 radical (unpaired) electrons. The van der Waals surface area contributed by atoms with Gasteiger partial charge in [0.1, 0.15) is 0 Å². The number of alkyl halides is 4. The lowest BCUT2D eigenvalue weighted by Crippen LogP contribution is -1.91. The van der Waals surface area contributed by atoms with Crippen molar-refractivity contribution in [3.05, 3.63) is 12.2 Å². The number of carboxylic acid groups (broad SMARTS) is 2. The van der Waals surface area contributed by atoms with Gasteiger partial charge in [0.2, 0.25) is 0 Å². The minimum absolute atomic E-state index is 0.558. The van der Waals surface area contributed by atoms with Gasteiger partial charge in [0, 0.05) is 12.2 Å². The highest BCUT2D eigenvalue weighted by Crippen LogP contribution is 2.29. The van der Waals surface area contributed by atoms with Crippen molar-refractivity contribution < 1.29 is 19.8 Å². The first kappa shape index (κ1) is 15.3. The molecule has 0 saturated heterocycles. The summed E-state index contributed by atoms with van der Waals surface area (Å²) in [5.74, 6) is -2.51. The summed E-state index contributed by atoms with van der Waals surface area (Å²) >= 11 is 19.3. The van der Waals surface area contributed by atoms with Gasteiger partial charge in [-0.05, 0) is 0 Å². The fourth-order valence-corrected chi connectivity index (χ4v) is 0.143. The predicted molar refractivity (Wildman–Crippen MR) is 50.6 cm³/mol. The van der Waals surface area contributed by atoms with E-state index in [1.54, 1.807) is 0 Å². The van der Waals surface area contributed by atoms with Crippen molar-refractivity contribution in [1.82, 2.24) is 0 Å². The third kappa shape index (κ3) is 48.9. The first-order chi connectivity index (χ1) is 5.63. The van der Waals surface area contributed by atoms with E-state index >= 15 is 0 Å². The van der Waals surface area contributed by atoms with E-state index in [1.807, 2.05) is 0 Å². The van der Waals surface area contributed by atoms with Gasteiger partial charge in [-0.3, -0.25) is 0 Å². The zero-order valence-electron chi connectivity index (χ0n) is 5.88. The lowest BCUT2D eigenvalue weighted by molar-refractivity contribution is -0.134. The van der Waals surface area contributed by atoms with Crippen LogP contribution < -0.4 is 0 Å². The van der Waals surface area contributed by atoms with Crippen LogP contribution in [-0.4, -0.2) is 25.4 Å². The maximum atomic E-state index is 9.55. The van der Waals surface area contributed by atoms with Crippen LogP contribution in [0.15, 0.2) is 12.2 Å². The minimum Gasteiger partial charge on any atom is -0.478 e. The molecule has 0 saturated carbocycles. The third-order valence-electron chi connectivity index (χ3n) is 0.368. The molecule has 0 bridgehead atoms. The Morgan fingerprint density at radius 2 is 1.08 bits per heavy atom. The maximum Gasteiger partial charge on any atom is 0.328 e. The van der Waals surface area contributed by atoms with Gasteiger partial charge in [0.15, 0.2) is 0 Å². The van der Waals surface area contributed by atoms with E-state index < -0.39 is 15.2 Å². The van der Waals surface area contributed by atoms with Crippen molar-refractivity contribution >= 4 is 58.3 Å². The van der Waals surface area contributed by atoms with Gasteiger partial charge in [-0.25, -0.2) is 9.59 Å². The number of rotatable bonds is 2. The van der Waals surface area contributed by atoms with E-state index in [0.29, 0.717) is 12.2 Å². The van der Waals surface area contributed by atoms with Crippen molar-refractivity contribution in [2.24, 2.45) is 0 Å². The van der Waals surface area contributed by atoms with Crippen LogP contribution in [0.3, 0.4) is 0 Å². The summed E-state index contributed by atoms with van der Waals surface area (Å²) in [4.78, 5) is 19.1. The zero-order chi connectivity index (χ0) is 11.1. The smallest absolute Gasteiger partial charge is 0.328 e. The fraction of sp³-hybridized carbons (Fsp3) is 0.200. The largest absolute Gasteiger partial charge is 0.478 e. The number of carboxylic acids is 2. The van der Waals surface area contributed by atoms with Crippen LogP contribution in [0.1, 0.15) is 0 Å². The molecule has 4 nitrogen and oxygen atoms in total. The molecule has 2 N–H and O–H groups in total. The van der Waals surface area contributed by atoms with Crippen LogP contribution in [0.2, 0.25) is 0 Å². The van der Waals surface area contributed by atoms with Crippen LogP contribution in [0.4, 0.5) is 0 Å². The summed E-state index contributed by atoms with van der Waals surface area (Å²) in [5.41, 5.74) is 0. The van der Waals surface area contributed by atoms with E-state index in [0.717, 1.165) is 0 Å². The highest BCUT2D eigenvalue weighted by Gasteiger charge is 2.11. The summed E-state index contributed by atoms with van der Waals surface area (Å²) in [6.07, 6.45) is 1.12. The lowest BCUT2D eigenvalue weighted by Gasteiger charge is -1.91. The van der Waals surface area contributed by atoms with Crippen molar-refractivity contribution in [2.45, 2.75) is 3.25 Å². The zero-order valence-corrected chi connectivity index (χ0v) is 8.90. The Morgan fingerprint density at radius 3 is 1.15 bits per heavy atom. The van der Waals surface area contributed by atoms with E-state index in [-0.39, 0.29) is 0 Å². The Hall–Kier alpha value is -0.160. The van der Waals surface area contributed by atoms with Gasteiger partial charge in [-0.1, -0.05) is 46.4 Å². The van der Waals surface area contributed by atoms with Gasteiger partial charge in [-0.15, -0.1) is 0 Å². The Kier molecular flexibility index (Phi) is 8.56. The van der Waals surface area contributed by atoms with Gasteiger partial charge in [0.05, 0.1) is 0 Å². The molecule has 0 aromatic heterocycles. The van der Waals surface area contributed by atoms with E-state index in [9.17, 15) is 9.59 Å². The first-order valence-electron chi connectivity index (χ1n) is 2.52. The van der Waals surface area contributed by atoms with Crippen LogP contribution >= 0.6 is 46.4 Å². The second-order valence-corrected chi connectivity index (χ2v) is 4.87. The molecule has 8 heteroatoms. The Balaban J connectivity index is 0. The molecule has 0 aromatic carbocycles. The molecule has 0 aromatic rings. The molecule has 0 heterocycles. The SMILES string of the molecule is ClC(Cl)(Cl)Cl.O=C(O)/C=C\C(=O)O. The van der Waals surface area contributed by atoms with Crippen molar-refractivity contribution in [2.75, 3.05) is 0 Å². The molecule has 0 fully saturated rings. The van der Waals surface area contributed by atoms with Crippen molar-refractivity contribution in [3.8, 4) is 0 Å². The molecule has 0 unspecified atom stereocenters. The molecular weight excluding hydrogens is 266 g/mol. The molecule has 0 amide bonds. The molecule has 0 rings (SSSR count). The third-order valence-corrected chi connectivity index (χ3v) is 0.368. The number of carbonyl (C=O) groups is 2. The van der Waals surface area contributed by atoms with E-state index in [2.05, 4.69) is 0 Å². The van der Waals surface area contributed by atoms with Crippen molar-refractivity contribution in [3.63, 3.8) is 0 Å². The normalized spacial score (nSPS) is 10.5. The van der Waals surface area contributed by atoms with Crippen LogP contribution in [-0.2, 0) is 9.59 Å². The second-order valence-electron chi connectivity index (χ2n) is 1.44. The topological polar surface area (TPSA) is 74.6 Å². The first-order valence-corrected chi connectivity index (χ1v) is 4.03. The molecule has 0 spiro atoms. The molecule has 0 aliphatic carbocycles. The number of hydrogen-bond acceptors (Lipinski definition) is 2. The predicted octanol–water partition coefficient (Wildman–Crippen LogP) is 2.26. The maximum absolute atomic E-state index is 9.55. The van der Waals surface area contributed by atoms with Gasteiger partial charge in [0.25, 0.3) is 3.25 Å². The highest BCUT2D eigenvalue weighted by molar-refractivity contribution is 6.83. The summed E-state index contributed by atoms with van der Waals surface area (Å²) < 4.78 is -1.61. The number of hydrogen-bond donors (Lipinski definition) is 2. The molecule has 13 heavy (non-hydrogen) atoms. The summed E-state index contributed by atoms with van der Waals surface area (Å²) in [6, 6.07) is 0. The number of halogens is 4. The Labute approximate surface area is 93.6 Å². The second kappa shape index (κ2) is 7.26. The van der Waals surface area contributed by atoms with E-state index in [1.165, 1.54) is 0 Å². The van der Waals surface area contributed by atoms with Crippen LogP contribution in [0, 0.1) is 0 Å². The average Bonchev–Trinajstić information content (AvgIpc) is 1.79. The molecule has 0 aliphatic heterocycles. The Bertz CT molecular complexity index is 185. The monoisotopic (exact) mass is 268 g/mol. The highest BCUT2D eigenvalue weighted by atomic mass is 35.6. The Morgan fingerprint density at radius 1 is 0.923 bits per heavy atom. The molecular formula is C5H4Cl4O4. The van der Waals surface area contributed by atoms with Crippen LogP contribution in [0.25, 0.3) is 0 Å². The van der Waals surface area contributed by atoms with Crippen molar-refractivity contribution in [1.29, 1.82) is 0 Å². The molecule has 0 aliphatic rings. The summed E-state index contributed by atoms with van der Waals surface area (Å²) in [6.45, 7) is 0. The molecule has 0 atom stereocenters. The minimum atomic E-state index is -1.61.